The zero-order valence-corrected chi connectivity index (χ0v) is 10.7. The number of rotatable bonds is 6. The number of hydrogen-bond acceptors (Lipinski definition) is 3. The summed E-state index contributed by atoms with van der Waals surface area (Å²) in [7, 11) is 0. The smallest absolute Gasteiger partial charge is 0.147 e. The van der Waals surface area contributed by atoms with Gasteiger partial charge in [-0.15, -0.1) is 11.6 Å². The second kappa shape index (κ2) is 4.81. The summed E-state index contributed by atoms with van der Waals surface area (Å²) in [6.45, 7) is 2.32. The Balaban J connectivity index is 1.69. The first kappa shape index (κ1) is 11.3. The van der Waals surface area contributed by atoms with Crippen LogP contribution in [0.1, 0.15) is 31.4 Å². The molecule has 2 aliphatic rings. The van der Waals surface area contributed by atoms with E-state index in [2.05, 4.69) is 14.9 Å². The van der Waals surface area contributed by atoms with E-state index in [0.29, 0.717) is 5.88 Å². The van der Waals surface area contributed by atoms with E-state index in [1.165, 1.54) is 25.7 Å². The van der Waals surface area contributed by atoms with Crippen LogP contribution in [-0.2, 0) is 5.88 Å². The summed E-state index contributed by atoms with van der Waals surface area (Å²) in [6.07, 6.45) is 9.21. The van der Waals surface area contributed by atoms with Crippen LogP contribution in [0.5, 0.6) is 0 Å². The molecule has 2 fully saturated rings. The van der Waals surface area contributed by atoms with Crippen molar-refractivity contribution in [2.45, 2.75) is 31.6 Å². The molecule has 0 atom stereocenters. The SMILES string of the molecule is ClCc1cnc(N(CC2CC2)CC2CC2)cn1. The van der Waals surface area contributed by atoms with Crippen molar-refractivity contribution in [3.05, 3.63) is 18.1 Å². The van der Waals surface area contributed by atoms with Gasteiger partial charge >= 0.3 is 0 Å². The van der Waals surface area contributed by atoms with Crippen LogP contribution in [0, 0.1) is 11.8 Å². The van der Waals surface area contributed by atoms with Gasteiger partial charge in [0.05, 0.1) is 24.0 Å². The number of anilines is 1. The van der Waals surface area contributed by atoms with Crippen molar-refractivity contribution >= 4 is 17.4 Å². The summed E-state index contributed by atoms with van der Waals surface area (Å²) in [5.74, 6) is 3.25. The maximum Gasteiger partial charge on any atom is 0.147 e. The molecule has 1 aromatic heterocycles. The minimum absolute atomic E-state index is 0.443. The molecule has 4 heteroatoms. The van der Waals surface area contributed by atoms with Crippen LogP contribution in [0.25, 0.3) is 0 Å². The Morgan fingerprint density at radius 1 is 1.06 bits per heavy atom. The molecule has 2 saturated carbocycles. The molecule has 0 aliphatic heterocycles. The summed E-state index contributed by atoms with van der Waals surface area (Å²) >= 11 is 5.73. The Morgan fingerprint density at radius 3 is 2.12 bits per heavy atom. The molecule has 92 valence electrons. The standard InChI is InChI=1S/C13H18ClN3/c14-5-12-6-16-13(7-15-12)17(8-10-1-2-10)9-11-3-4-11/h6-7,10-11H,1-5,8-9H2. The number of halogens is 1. The van der Waals surface area contributed by atoms with E-state index in [9.17, 15) is 0 Å². The van der Waals surface area contributed by atoms with Gasteiger partial charge in [0.15, 0.2) is 0 Å². The number of alkyl halides is 1. The van der Waals surface area contributed by atoms with Crippen molar-refractivity contribution in [3.8, 4) is 0 Å². The van der Waals surface area contributed by atoms with Crippen LogP contribution in [-0.4, -0.2) is 23.1 Å². The van der Waals surface area contributed by atoms with Crippen molar-refractivity contribution < 1.29 is 0 Å². The normalized spacial score (nSPS) is 19.4. The van der Waals surface area contributed by atoms with E-state index in [4.69, 9.17) is 11.6 Å². The highest BCUT2D eigenvalue weighted by atomic mass is 35.5. The highest BCUT2D eigenvalue weighted by Crippen LogP contribution is 2.35. The molecule has 2 aliphatic carbocycles. The van der Waals surface area contributed by atoms with Gasteiger partial charge in [-0.2, -0.15) is 0 Å². The fourth-order valence-corrected chi connectivity index (χ4v) is 2.20. The lowest BCUT2D eigenvalue weighted by Crippen LogP contribution is -2.29. The molecule has 3 rings (SSSR count). The minimum Gasteiger partial charge on any atom is -0.355 e. The van der Waals surface area contributed by atoms with Crippen LogP contribution in [0.4, 0.5) is 5.82 Å². The molecule has 1 heterocycles. The molecule has 0 spiro atoms. The second-order valence-electron chi connectivity index (χ2n) is 5.29. The third-order valence-corrected chi connectivity index (χ3v) is 3.78. The largest absolute Gasteiger partial charge is 0.355 e. The lowest BCUT2D eigenvalue weighted by atomic mass is 10.3. The van der Waals surface area contributed by atoms with Crippen molar-refractivity contribution in [2.75, 3.05) is 18.0 Å². The topological polar surface area (TPSA) is 29.0 Å². The highest BCUT2D eigenvalue weighted by Gasteiger charge is 2.29. The van der Waals surface area contributed by atoms with Gasteiger partial charge in [-0.05, 0) is 37.5 Å². The maximum absolute atomic E-state index is 5.73. The van der Waals surface area contributed by atoms with Crippen LogP contribution in [0.3, 0.4) is 0 Å². The fraction of sp³-hybridized carbons (Fsp3) is 0.692. The van der Waals surface area contributed by atoms with Gasteiger partial charge in [0.1, 0.15) is 5.82 Å². The first-order valence-corrected chi connectivity index (χ1v) is 7.00. The van der Waals surface area contributed by atoms with Crippen LogP contribution in [0.2, 0.25) is 0 Å². The van der Waals surface area contributed by atoms with E-state index in [1.54, 1.807) is 6.20 Å². The zero-order chi connectivity index (χ0) is 11.7. The number of hydrogen-bond donors (Lipinski definition) is 0. The van der Waals surface area contributed by atoms with Gasteiger partial charge in [-0.1, -0.05) is 0 Å². The zero-order valence-electron chi connectivity index (χ0n) is 9.98. The monoisotopic (exact) mass is 251 g/mol. The lowest BCUT2D eigenvalue weighted by molar-refractivity contribution is 0.669. The molecule has 3 nitrogen and oxygen atoms in total. The van der Waals surface area contributed by atoms with Gasteiger partial charge in [-0.3, -0.25) is 4.98 Å². The van der Waals surface area contributed by atoms with Crippen molar-refractivity contribution in [3.63, 3.8) is 0 Å². The first-order valence-electron chi connectivity index (χ1n) is 6.47. The Morgan fingerprint density at radius 2 is 1.71 bits per heavy atom. The fourth-order valence-electron chi connectivity index (χ4n) is 2.07. The quantitative estimate of drug-likeness (QED) is 0.728. The number of aromatic nitrogens is 2. The predicted molar refractivity (Wildman–Crippen MR) is 69.3 cm³/mol. The van der Waals surface area contributed by atoms with E-state index in [-0.39, 0.29) is 0 Å². The first-order chi connectivity index (χ1) is 8.35. The number of nitrogens with zero attached hydrogens (tertiary/aromatic N) is 3. The Hall–Kier alpha value is -0.830. The average molecular weight is 252 g/mol. The molecule has 17 heavy (non-hydrogen) atoms. The van der Waals surface area contributed by atoms with Gasteiger partial charge in [0, 0.05) is 13.1 Å². The van der Waals surface area contributed by atoms with E-state index in [1.807, 2.05) is 6.20 Å². The third kappa shape index (κ3) is 3.09. The molecule has 0 N–H and O–H groups in total. The summed E-state index contributed by atoms with van der Waals surface area (Å²) in [6, 6.07) is 0. The molecule has 0 unspecified atom stereocenters. The van der Waals surface area contributed by atoms with Gasteiger partial charge < -0.3 is 4.90 Å². The molecule has 1 aromatic rings. The van der Waals surface area contributed by atoms with Gasteiger partial charge in [0.25, 0.3) is 0 Å². The Labute approximate surface area is 107 Å². The molecule has 0 aromatic carbocycles. The van der Waals surface area contributed by atoms with Crippen LogP contribution >= 0.6 is 11.6 Å². The molecular weight excluding hydrogens is 234 g/mol. The average Bonchev–Trinajstić information content (AvgIpc) is 3.23. The second-order valence-corrected chi connectivity index (χ2v) is 5.56. The third-order valence-electron chi connectivity index (χ3n) is 3.50. The Bertz CT molecular complexity index is 357. The maximum atomic E-state index is 5.73. The lowest BCUT2D eigenvalue weighted by Gasteiger charge is -2.23. The summed E-state index contributed by atoms with van der Waals surface area (Å²) in [5.41, 5.74) is 0.855. The van der Waals surface area contributed by atoms with Crippen LogP contribution < -0.4 is 4.90 Å². The van der Waals surface area contributed by atoms with Gasteiger partial charge in [0.2, 0.25) is 0 Å². The van der Waals surface area contributed by atoms with Crippen molar-refractivity contribution in [1.29, 1.82) is 0 Å². The van der Waals surface area contributed by atoms with E-state index >= 15 is 0 Å². The summed E-state index contributed by atoms with van der Waals surface area (Å²) < 4.78 is 0. The van der Waals surface area contributed by atoms with E-state index < -0.39 is 0 Å². The molecule has 0 amide bonds. The molecule has 0 saturated heterocycles. The van der Waals surface area contributed by atoms with Crippen LogP contribution in [0.15, 0.2) is 12.4 Å². The van der Waals surface area contributed by atoms with E-state index in [0.717, 1.165) is 36.4 Å². The van der Waals surface area contributed by atoms with Crippen molar-refractivity contribution in [2.24, 2.45) is 11.8 Å². The highest BCUT2D eigenvalue weighted by molar-refractivity contribution is 6.16. The summed E-state index contributed by atoms with van der Waals surface area (Å²) in [5, 5.41) is 0. The predicted octanol–water partition coefficient (Wildman–Crippen LogP) is 2.84. The minimum atomic E-state index is 0.443. The molecular formula is C13H18ClN3. The molecule has 0 radical (unpaired) electrons. The molecule has 0 bridgehead atoms. The van der Waals surface area contributed by atoms with Gasteiger partial charge in [-0.25, -0.2) is 4.98 Å². The van der Waals surface area contributed by atoms with Crippen molar-refractivity contribution in [1.82, 2.24) is 9.97 Å². The summed E-state index contributed by atoms with van der Waals surface area (Å²) in [4.78, 5) is 11.2. The Kier molecular flexibility index (Phi) is 3.19.